The van der Waals surface area contributed by atoms with E-state index in [2.05, 4.69) is 29.6 Å². The van der Waals surface area contributed by atoms with Crippen LogP contribution in [0.15, 0.2) is 29.6 Å². The van der Waals surface area contributed by atoms with E-state index in [0.717, 1.165) is 12.8 Å². The molecule has 1 N–H and O–H groups in total. The molecule has 2 aromatic rings. The molecule has 2 aromatic heterocycles. The van der Waals surface area contributed by atoms with Gasteiger partial charge in [-0.3, -0.25) is 0 Å². The Morgan fingerprint density at radius 2 is 2.07 bits per heavy atom. The minimum Gasteiger partial charge on any atom is -0.396 e. The molecule has 0 aliphatic rings. The lowest BCUT2D eigenvalue weighted by molar-refractivity contribution is 0.289. The first-order valence-electron chi connectivity index (χ1n) is 4.63. The van der Waals surface area contributed by atoms with Crippen LogP contribution >= 0.6 is 22.7 Å². The topological polar surface area (TPSA) is 20.2 Å². The molecular weight excluding hydrogens is 212 g/mol. The third-order valence-electron chi connectivity index (χ3n) is 2.01. The van der Waals surface area contributed by atoms with E-state index in [-0.39, 0.29) is 6.61 Å². The maximum absolute atomic E-state index is 8.73. The highest BCUT2D eigenvalue weighted by Gasteiger charge is 2.02. The smallest absolute Gasteiger partial charge is 0.0445 e. The normalized spacial score (nSPS) is 10.6. The van der Waals surface area contributed by atoms with Gasteiger partial charge in [-0.2, -0.15) is 0 Å². The lowest BCUT2D eigenvalue weighted by Gasteiger charge is -1.92. The Balaban J connectivity index is 2.10. The van der Waals surface area contributed by atoms with Crippen molar-refractivity contribution in [3.63, 3.8) is 0 Å². The highest BCUT2D eigenvalue weighted by molar-refractivity contribution is 7.21. The van der Waals surface area contributed by atoms with Gasteiger partial charge < -0.3 is 5.11 Å². The van der Waals surface area contributed by atoms with Crippen molar-refractivity contribution in [1.82, 2.24) is 0 Å². The van der Waals surface area contributed by atoms with Gasteiger partial charge in [0.25, 0.3) is 0 Å². The van der Waals surface area contributed by atoms with Gasteiger partial charge >= 0.3 is 0 Å². The van der Waals surface area contributed by atoms with Gasteiger partial charge in [0.15, 0.2) is 0 Å². The Kier molecular flexibility index (Phi) is 3.35. The number of aryl methyl sites for hydroxylation is 1. The Morgan fingerprint density at radius 3 is 2.79 bits per heavy atom. The van der Waals surface area contributed by atoms with Gasteiger partial charge in [0.2, 0.25) is 0 Å². The van der Waals surface area contributed by atoms with Gasteiger partial charge in [-0.15, -0.1) is 22.7 Å². The second kappa shape index (κ2) is 4.73. The zero-order valence-corrected chi connectivity index (χ0v) is 9.40. The van der Waals surface area contributed by atoms with E-state index in [1.165, 1.54) is 14.6 Å². The molecule has 0 unspecified atom stereocenters. The zero-order chi connectivity index (χ0) is 9.80. The minimum atomic E-state index is 0.284. The van der Waals surface area contributed by atoms with Crippen LogP contribution in [0.3, 0.4) is 0 Å². The summed E-state index contributed by atoms with van der Waals surface area (Å²) in [6, 6.07) is 8.55. The molecule has 0 bridgehead atoms. The van der Waals surface area contributed by atoms with E-state index in [1.807, 2.05) is 11.3 Å². The molecule has 0 atom stereocenters. The van der Waals surface area contributed by atoms with E-state index in [4.69, 9.17) is 5.11 Å². The number of thiophene rings is 2. The van der Waals surface area contributed by atoms with E-state index < -0.39 is 0 Å². The SMILES string of the molecule is OCCCc1ccc(-c2cccs2)s1. The summed E-state index contributed by atoms with van der Waals surface area (Å²) in [4.78, 5) is 4.04. The first kappa shape index (κ1) is 9.90. The first-order valence-corrected chi connectivity index (χ1v) is 6.33. The summed E-state index contributed by atoms with van der Waals surface area (Å²) in [7, 11) is 0. The van der Waals surface area contributed by atoms with Crippen molar-refractivity contribution in [3.8, 4) is 9.75 Å². The Labute approximate surface area is 91.7 Å². The van der Waals surface area contributed by atoms with E-state index in [9.17, 15) is 0 Å². The monoisotopic (exact) mass is 224 g/mol. The predicted octanol–water partition coefficient (Wildman–Crippen LogP) is 3.40. The molecule has 0 saturated heterocycles. The highest BCUT2D eigenvalue weighted by Crippen LogP contribution is 2.31. The molecule has 14 heavy (non-hydrogen) atoms. The van der Waals surface area contributed by atoms with Crippen molar-refractivity contribution in [2.75, 3.05) is 6.61 Å². The van der Waals surface area contributed by atoms with Crippen LogP contribution in [0.1, 0.15) is 11.3 Å². The number of hydrogen-bond acceptors (Lipinski definition) is 3. The van der Waals surface area contributed by atoms with Crippen LogP contribution in [0.2, 0.25) is 0 Å². The fraction of sp³-hybridized carbons (Fsp3) is 0.273. The van der Waals surface area contributed by atoms with E-state index in [0.29, 0.717) is 0 Å². The predicted molar refractivity (Wildman–Crippen MR) is 63.0 cm³/mol. The van der Waals surface area contributed by atoms with Crippen molar-refractivity contribution in [2.45, 2.75) is 12.8 Å². The van der Waals surface area contributed by atoms with Crippen LogP contribution < -0.4 is 0 Å². The van der Waals surface area contributed by atoms with Crippen molar-refractivity contribution in [2.24, 2.45) is 0 Å². The van der Waals surface area contributed by atoms with Crippen LogP contribution in [-0.2, 0) is 6.42 Å². The van der Waals surface area contributed by atoms with Crippen LogP contribution in [-0.4, -0.2) is 11.7 Å². The van der Waals surface area contributed by atoms with Crippen molar-refractivity contribution in [1.29, 1.82) is 0 Å². The van der Waals surface area contributed by atoms with Gasteiger partial charge in [0.05, 0.1) is 0 Å². The van der Waals surface area contributed by atoms with Crippen LogP contribution in [0.25, 0.3) is 9.75 Å². The molecule has 0 radical (unpaired) electrons. The second-order valence-electron chi connectivity index (χ2n) is 3.07. The van der Waals surface area contributed by atoms with Gasteiger partial charge in [0, 0.05) is 21.2 Å². The molecule has 0 aromatic carbocycles. The maximum atomic E-state index is 8.73. The molecule has 2 rings (SSSR count). The molecule has 1 nitrogen and oxygen atoms in total. The standard InChI is InChI=1S/C11H12OS2/c12-7-1-3-9-5-6-11(14-9)10-4-2-8-13-10/h2,4-6,8,12H,1,3,7H2. The second-order valence-corrected chi connectivity index (χ2v) is 5.19. The van der Waals surface area contributed by atoms with E-state index >= 15 is 0 Å². The molecule has 2 heterocycles. The fourth-order valence-corrected chi connectivity index (χ4v) is 3.20. The fourth-order valence-electron chi connectivity index (χ4n) is 1.32. The zero-order valence-electron chi connectivity index (χ0n) is 7.77. The van der Waals surface area contributed by atoms with Gasteiger partial charge in [-0.1, -0.05) is 6.07 Å². The van der Waals surface area contributed by atoms with Crippen LogP contribution in [0.5, 0.6) is 0 Å². The van der Waals surface area contributed by atoms with E-state index in [1.54, 1.807) is 11.3 Å². The number of hydrogen-bond donors (Lipinski definition) is 1. The lowest BCUT2D eigenvalue weighted by Crippen LogP contribution is -1.84. The quantitative estimate of drug-likeness (QED) is 0.844. The molecule has 74 valence electrons. The molecule has 0 aliphatic carbocycles. The number of rotatable bonds is 4. The van der Waals surface area contributed by atoms with Crippen molar-refractivity contribution < 1.29 is 5.11 Å². The number of aliphatic hydroxyl groups excluding tert-OH is 1. The summed E-state index contributed by atoms with van der Waals surface area (Å²) < 4.78 is 0. The first-order chi connectivity index (χ1) is 6.90. The molecule has 0 saturated carbocycles. The molecule has 0 amide bonds. The molecule has 0 fully saturated rings. The molecule has 0 aliphatic heterocycles. The molecule has 0 spiro atoms. The third kappa shape index (κ3) is 2.23. The molecular formula is C11H12OS2. The lowest BCUT2D eigenvalue weighted by atomic mass is 10.3. The summed E-state index contributed by atoms with van der Waals surface area (Å²) in [5, 5.41) is 10.8. The molecule has 3 heteroatoms. The summed E-state index contributed by atoms with van der Waals surface area (Å²) in [5.74, 6) is 0. The van der Waals surface area contributed by atoms with Crippen LogP contribution in [0, 0.1) is 0 Å². The third-order valence-corrected chi connectivity index (χ3v) is 4.22. The largest absolute Gasteiger partial charge is 0.396 e. The Morgan fingerprint density at radius 1 is 1.14 bits per heavy atom. The van der Waals surface area contributed by atoms with Gasteiger partial charge in [0.1, 0.15) is 0 Å². The number of aliphatic hydroxyl groups is 1. The average molecular weight is 224 g/mol. The highest BCUT2D eigenvalue weighted by atomic mass is 32.1. The Hall–Kier alpha value is -0.640. The van der Waals surface area contributed by atoms with Crippen LogP contribution in [0.4, 0.5) is 0 Å². The summed E-state index contributed by atoms with van der Waals surface area (Å²) in [6.07, 6.45) is 1.86. The average Bonchev–Trinajstić information content (AvgIpc) is 2.85. The Bertz CT molecular complexity index is 376. The minimum absolute atomic E-state index is 0.284. The van der Waals surface area contributed by atoms with Gasteiger partial charge in [-0.05, 0) is 36.4 Å². The maximum Gasteiger partial charge on any atom is 0.0445 e. The summed E-state index contributed by atoms with van der Waals surface area (Å²) in [6.45, 7) is 0.284. The summed E-state index contributed by atoms with van der Waals surface area (Å²) in [5.41, 5.74) is 0. The van der Waals surface area contributed by atoms with Crippen molar-refractivity contribution >= 4 is 22.7 Å². The van der Waals surface area contributed by atoms with Gasteiger partial charge in [-0.25, -0.2) is 0 Å². The summed E-state index contributed by atoms with van der Waals surface area (Å²) >= 11 is 3.60. The van der Waals surface area contributed by atoms with Crippen molar-refractivity contribution in [3.05, 3.63) is 34.5 Å².